The second-order valence-corrected chi connectivity index (χ2v) is 5.95. The topological polar surface area (TPSA) is 52.0 Å². The van der Waals surface area contributed by atoms with Gasteiger partial charge in [-0.1, -0.05) is 0 Å². The summed E-state index contributed by atoms with van der Waals surface area (Å²) in [6.07, 6.45) is 11.0. The maximum absolute atomic E-state index is 6.02. The highest BCUT2D eigenvalue weighted by Crippen LogP contribution is 2.28. The molecular weight excluding hydrogens is 276 g/mol. The summed E-state index contributed by atoms with van der Waals surface area (Å²) in [7, 11) is 0. The van der Waals surface area contributed by atoms with Gasteiger partial charge >= 0.3 is 0 Å². The molecule has 0 unspecified atom stereocenters. The summed E-state index contributed by atoms with van der Waals surface area (Å²) in [5.41, 5.74) is 1.21. The second-order valence-electron chi connectivity index (χ2n) is 5.95. The highest BCUT2D eigenvalue weighted by atomic mass is 16.5. The number of nitrogens with zero attached hydrogens (tertiary/aromatic N) is 3. The van der Waals surface area contributed by atoms with E-state index in [-0.39, 0.29) is 6.10 Å². The number of rotatable bonds is 6. The third-order valence-corrected chi connectivity index (χ3v) is 4.21. The molecule has 0 radical (unpaired) electrons. The van der Waals surface area contributed by atoms with Gasteiger partial charge in [0.05, 0.1) is 6.10 Å². The third-order valence-electron chi connectivity index (χ3n) is 4.21. The minimum Gasteiger partial charge on any atom is -0.372 e. The summed E-state index contributed by atoms with van der Waals surface area (Å²) >= 11 is 0. The van der Waals surface area contributed by atoms with Crippen molar-refractivity contribution in [3.05, 3.63) is 48.5 Å². The average Bonchev–Trinajstić information content (AvgIpc) is 3.08. The van der Waals surface area contributed by atoms with Crippen molar-refractivity contribution in [2.45, 2.75) is 50.9 Å². The zero-order valence-electron chi connectivity index (χ0n) is 13.1. The third kappa shape index (κ3) is 3.93. The molecule has 0 bridgehead atoms. The molecule has 118 valence electrons. The molecule has 3 rings (SSSR count). The molecule has 5 nitrogen and oxygen atoms in total. The Morgan fingerprint density at radius 3 is 3.00 bits per heavy atom. The minimum atomic E-state index is 0.129. The molecule has 1 fully saturated rings. The maximum atomic E-state index is 6.02. The number of hydrogen-bond donors (Lipinski definition) is 1. The van der Waals surface area contributed by atoms with Crippen molar-refractivity contribution in [1.29, 1.82) is 0 Å². The van der Waals surface area contributed by atoms with Crippen LogP contribution in [0.5, 0.6) is 0 Å². The van der Waals surface area contributed by atoms with Crippen molar-refractivity contribution >= 4 is 0 Å². The van der Waals surface area contributed by atoms with Gasteiger partial charge in [-0.05, 0) is 49.9 Å². The lowest BCUT2D eigenvalue weighted by Crippen LogP contribution is -2.44. The fourth-order valence-electron chi connectivity index (χ4n) is 3.04. The summed E-state index contributed by atoms with van der Waals surface area (Å²) < 4.78 is 8.00. The molecule has 5 heteroatoms. The van der Waals surface area contributed by atoms with Gasteiger partial charge in [-0.25, -0.2) is 0 Å². The molecular formula is C17H24N4O. The molecule has 0 amide bonds. The van der Waals surface area contributed by atoms with Gasteiger partial charge in [0.25, 0.3) is 0 Å². The smallest absolute Gasteiger partial charge is 0.0978 e. The average molecular weight is 300 g/mol. The van der Waals surface area contributed by atoms with Crippen LogP contribution < -0.4 is 5.32 Å². The van der Waals surface area contributed by atoms with E-state index in [0.29, 0.717) is 12.1 Å². The largest absolute Gasteiger partial charge is 0.372 e. The summed E-state index contributed by atoms with van der Waals surface area (Å²) in [6, 6.07) is 6.87. The predicted octanol–water partition coefficient (Wildman–Crippen LogP) is 2.57. The first-order valence-corrected chi connectivity index (χ1v) is 8.08. The number of hydrogen-bond acceptors (Lipinski definition) is 4. The SMILES string of the molecule is C[C@H](CCn1cccn1)N[C@H]1CCCO[C@@H]1c1ccncc1. The van der Waals surface area contributed by atoms with Crippen LogP contribution in [0.15, 0.2) is 43.0 Å². The van der Waals surface area contributed by atoms with E-state index in [0.717, 1.165) is 32.4 Å². The highest BCUT2D eigenvalue weighted by molar-refractivity contribution is 5.16. The zero-order chi connectivity index (χ0) is 15.2. The number of pyridine rings is 1. The molecule has 22 heavy (non-hydrogen) atoms. The second kappa shape index (κ2) is 7.51. The first-order valence-electron chi connectivity index (χ1n) is 8.08. The van der Waals surface area contributed by atoms with Crippen molar-refractivity contribution < 1.29 is 4.74 Å². The van der Waals surface area contributed by atoms with E-state index in [1.807, 2.05) is 35.5 Å². The lowest BCUT2D eigenvalue weighted by Gasteiger charge is -2.34. The number of aromatic nitrogens is 3. The van der Waals surface area contributed by atoms with Crippen LogP contribution in [0.25, 0.3) is 0 Å². The Labute approximate surface area is 131 Å². The standard InChI is InChI=1S/C17H24N4O/c1-14(7-12-21-11-3-8-19-21)20-16-4-2-13-22-17(16)15-5-9-18-10-6-15/h3,5-6,8-11,14,16-17,20H,2,4,7,12-13H2,1H3/t14-,16+,17-/m1/s1. The Kier molecular flexibility index (Phi) is 5.19. The quantitative estimate of drug-likeness (QED) is 0.891. The van der Waals surface area contributed by atoms with Gasteiger partial charge in [-0.2, -0.15) is 5.10 Å². The lowest BCUT2D eigenvalue weighted by atomic mass is 9.95. The number of ether oxygens (including phenoxy) is 1. The molecule has 0 spiro atoms. The van der Waals surface area contributed by atoms with Crippen molar-refractivity contribution in [3.63, 3.8) is 0 Å². The number of aryl methyl sites for hydroxylation is 1. The molecule has 1 saturated heterocycles. The van der Waals surface area contributed by atoms with E-state index in [1.54, 1.807) is 0 Å². The van der Waals surface area contributed by atoms with Gasteiger partial charge in [-0.15, -0.1) is 0 Å². The Morgan fingerprint density at radius 1 is 1.36 bits per heavy atom. The van der Waals surface area contributed by atoms with Crippen molar-refractivity contribution in [2.75, 3.05) is 6.61 Å². The highest BCUT2D eigenvalue weighted by Gasteiger charge is 2.28. The van der Waals surface area contributed by atoms with Gasteiger partial charge < -0.3 is 10.1 Å². The lowest BCUT2D eigenvalue weighted by molar-refractivity contribution is -0.0137. The van der Waals surface area contributed by atoms with Crippen molar-refractivity contribution in [1.82, 2.24) is 20.1 Å². The predicted molar refractivity (Wildman–Crippen MR) is 85.4 cm³/mol. The minimum absolute atomic E-state index is 0.129. The summed E-state index contributed by atoms with van der Waals surface area (Å²) in [5.74, 6) is 0. The molecule has 0 aliphatic carbocycles. The van der Waals surface area contributed by atoms with Crippen LogP contribution in [0.1, 0.15) is 37.9 Å². The van der Waals surface area contributed by atoms with E-state index in [2.05, 4.69) is 34.5 Å². The number of nitrogens with one attached hydrogen (secondary N) is 1. The van der Waals surface area contributed by atoms with Crippen LogP contribution >= 0.6 is 0 Å². The fraction of sp³-hybridized carbons (Fsp3) is 0.529. The first kappa shape index (κ1) is 15.2. The monoisotopic (exact) mass is 300 g/mol. The van der Waals surface area contributed by atoms with Gasteiger partial charge in [0.2, 0.25) is 0 Å². The summed E-state index contributed by atoms with van der Waals surface area (Å²) in [4.78, 5) is 4.10. The van der Waals surface area contributed by atoms with Gasteiger partial charge in [0.15, 0.2) is 0 Å². The maximum Gasteiger partial charge on any atom is 0.0978 e. The molecule has 3 atom stereocenters. The molecule has 0 saturated carbocycles. The molecule has 2 aromatic heterocycles. The Morgan fingerprint density at radius 2 is 2.23 bits per heavy atom. The molecule has 1 aliphatic heterocycles. The normalized spacial score (nSPS) is 23.3. The van der Waals surface area contributed by atoms with Gasteiger partial charge in [0, 0.05) is 50.0 Å². The molecule has 0 aromatic carbocycles. The Balaban J connectivity index is 1.56. The Bertz CT molecular complexity index is 543. The van der Waals surface area contributed by atoms with E-state index in [1.165, 1.54) is 5.56 Å². The van der Waals surface area contributed by atoms with Crippen molar-refractivity contribution in [2.24, 2.45) is 0 Å². The van der Waals surface area contributed by atoms with Crippen LogP contribution in [-0.2, 0) is 11.3 Å². The van der Waals surface area contributed by atoms with Crippen molar-refractivity contribution in [3.8, 4) is 0 Å². The first-order chi connectivity index (χ1) is 10.8. The van der Waals surface area contributed by atoms with Gasteiger partial charge in [-0.3, -0.25) is 9.67 Å². The summed E-state index contributed by atoms with van der Waals surface area (Å²) in [5, 5.41) is 8.00. The van der Waals surface area contributed by atoms with Crippen LogP contribution in [0, 0.1) is 0 Å². The Hall–Kier alpha value is -1.72. The molecule has 1 aliphatic rings. The van der Waals surface area contributed by atoms with Crippen LogP contribution in [-0.4, -0.2) is 33.5 Å². The van der Waals surface area contributed by atoms with Gasteiger partial charge in [0.1, 0.15) is 0 Å². The van der Waals surface area contributed by atoms with E-state index < -0.39 is 0 Å². The molecule has 3 heterocycles. The molecule has 2 aromatic rings. The van der Waals surface area contributed by atoms with Crippen LogP contribution in [0.3, 0.4) is 0 Å². The van der Waals surface area contributed by atoms with Crippen LogP contribution in [0.2, 0.25) is 0 Å². The molecule has 1 N–H and O–H groups in total. The van der Waals surface area contributed by atoms with E-state index >= 15 is 0 Å². The zero-order valence-corrected chi connectivity index (χ0v) is 13.1. The van der Waals surface area contributed by atoms with E-state index in [4.69, 9.17) is 4.74 Å². The van der Waals surface area contributed by atoms with Crippen LogP contribution in [0.4, 0.5) is 0 Å². The van der Waals surface area contributed by atoms with E-state index in [9.17, 15) is 0 Å². The fourth-order valence-corrected chi connectivity index (χ4v) is 3.04. The summed E-state index contributed by atoms with van der Waals surface area (Å²) in [6.45, 7) is 4.02.